The molecule has 1 amide bonds. The van der Waals surface area contributed by atoms with Gasteiger partial charge in [-0.1, -0.05) is 42.7 Å². The van der Waals surface area contributed by atoms with E-state index in [1.165, 1.54) is 11.0 Å². The Morgan fingerprint density at radius 3 is 2.72 bits per heavy atom. The van der Waals surface area contributed by atoms with Gasteiger partial charge in [0.1, 0.15) is 17.2 Å². The minimum atomic E-state index is -0.252. The van der Waals surface area contributed by atoms with Crippen LogP contribution in [0.25, 0.3) is 16.6 Å². The summed E-state index contributed by atoms with van der Waals surface area (Å²) in [5, 5.41) is 0. The SMILES string of the molecule is CCSNc1cc(/C(C=C(C)C)=C/N(C)C=O)cc2c1nc(C)n2Cc1cccc(F)c1. The highest BCUT2D eigenvalue weighted by atomic mass is 32.2. The number of hydrogen-bond donors (Lipinski definition) is 1. The monoisotopic (exact) mass is 452 g/mol. The molecule has 32 heavy (non-hydrogen) atoms. The lowest BCUT2D eigenvalue weighted by Crippen LogP contribution is -2.07. The van der Waals surface area contributed by atoms with E-state index < -0.39 is 0 Å². The molecule has 0 aliphatic rings. The summed E-state index contributed by atoms with van der Waals surface area (Å²) >= 11 is 1.60. The van der Waals surface area contributed by atoms with Crippen LogP contribution in [0.3, 0.4) is 0 Å². The van der Waals surface area contributed by atoms with E-state index in [1.54, 1.807) is 31.1 Å². The molecule has 0 aliphatic heterocycles. The number of aryl methyl sites for hydroxylation is 1. The molecule has 2 aromatic carbocycles. The number of fused-ring (bicyclic) bond motifs is 1. The van der Waals surface area contributed by atoms with E-state index in [1.807, 2.05) is 33.0 Å². The van der Waals surface area contributed by atoms with Gasteiger partial charge in [-0.15, -0.1) is 0 Å². The van der Waals surface area contributed by atoms with Crippen molar-refractivity contribution in [1.82, 2.24) is 14.5 Å². The third-order valence-electron chi connectivity index (χ3n) is 4.89. The zero-order valence-corrected chi connectivity index (χ0v) is 20.0. The van der Waals surface area contributed by atoms with Crippen LogP contribution in [-0.2, 0) is 11.3 Å². The lowest BCUT2D eigenvalue weighted by Gasteiger charge is -2.14. The van der Waals surface area contributed by atoms with Gasteiger partial charge in [0.15, 0.2) is 0 Å². The number of aromatic nitrogens is 2. The summed E-state index contributed by atoms with van der Waals surface area (Å²) < 4.78 is 19.3. The number of anilines is 1. The second-order valence-electron chi connectivity index (χ2n) is 7.88. The van der Waals surface area contributed by atoms with Crippen LogP contribution in [0, 0.1) is 12.7 Å². The average molecular weight is 453 g/mol. The summed E-state index contributed by atoms with van der Waals surface area (Å²) in [5.74, 6) is 1.50. The Bertz CT molecular complexity index is 1180. The van der Waals surface area contributed by atoms with Crippen LogP contribution in [0.5, 0.6) is 0 Å². The second-order valence-corrected chi connectivity index (χ2v) is 8.95. The number of hydrogen-bond acceptors (Lipinski definition) is 4. The summed E-state index contributed by atoms with van der Waals surface area (Å²) in [6, 6.07) is 10.8. The van der Waals surface area contributed by atoms with Crippen LogP contribution in [0.4, 0.5) is 10.1 Å². The fourth-order valence-corrected chi connectivity index (χ4v) is 3.96. The fourth-order valence-electron chi connectivity index (χ4n) is 3.51. The first-order valence-corrected chi connectivity index (χ1v) is 11.5. The van der Waals surface area contributed by atoms with Crippen LogP contribution in [0.2, 0.25) is 0 Å². The van der Waals surface area contributed by atoms with Crippen LogP contribution >= 0.6 is 11.9 Å². The molecule has 1 N–H and O–H groups in total. The number of nitrogens with zero attached hydrogens (tertiary/aromatic N) is 3. The van der Waals surface area contributed by atoms with Crippen molar-refractivity contribution in [2.24, 2.45) is 0 Å². The third kappa shape index (κ3) is 5.59. The van der Waals surface area contributed by atoms with Crippen LogP contribution in [0.15, 0.2) is 54.2 Å². The van der Waals surface area contributed by atoms with Gasteiger partial charge in [-0.05, 0) is 61.7 Å². The van der Waals surface area contributed by atoms with Crippen LogP contribution in [0.1, 0.15) is 37.7 Å². The number of benzene rings is 2. The second kappa shape index (κ2) is 10.5. The number of nitrogens with one attached hydrogen (secondary N) is 1. The van der Waals surface area contributed by atoms with Crippen molar-refractivity contribution in [3.63, 3.8) is 0 Å². The number of carbonyl (C=O) groups is 1. The average Bonchev–Trinajstić information content (AvgIpc) is 3.06. The molecule has 0 aliphatic carbocycles. The van der Waals surface area contributed by atoms with Crippen molar-refractivity contribution in [3.05, 3.63) is 77.0 Å². The normalized spacial score (nSPS) is 11.5. The maximum Gasteiger partial charge on any atom is 0.213 e. The molecule has 0 fully saturated rings. The van der Waals surface area contributed by atoms with E-state index >= 15 is 0 Å². The van der Waals surface area contributed by atoms with E-state index in [2.05, 4.69) is 34.4 Å². The summed E-state index contributed by atoms with van der Waals surface area (Å²) in [6.07, 6.45) is 4.65. The molecule has 0 spiro atoms. The van der Waals surface area contributed by atoms with E-state index in [0.29, 0.717) is 6.54 Å². The van der Waals surface area contributed by atoms with Gasteiger partial charge >= 0.3 is 0 Å². The Hall–Kier alpha value is -3.06. The zero-order valence-electron chi connectivity index (χ0n) is 19.1. The Kier molecular flexibility index (Phi) is 7.75. The minimum absolute atomic E-state index is 0.252. The highest BCUT2D eigenvalue weighted by molar-refractivity contribution is 8.00. The molecular formula is C25H29FN4OS. The summed E-state index contributed by atoms with van der Waals surface area (Å²) in [6.45, 7) is 8.61. The van der Waals surface area contributed by atoms with Gasteiger partial charge in [-0.3, -0.25) is 4.79 Å². The Labute approximate surface area is 193 Å². The van der Waals surface area contributed by atoms with E-state index in [0.717, 1.165) is 57.0 Å². The lowest BCUT2D eigenvalue weighted by molar-refractivity contribution is -0.114. The van der Waals surface area contributed by atoms with Crippen molar-refractivity contribution in [3.8, 4) is 0 Å². The number of allylic oxidation sites excluding steroid dienone is 3. The molecule has 3 aromatic rings. The molecule has 1 heterocycles. The molecule has 0 unspecified atom stereocenters. The van der Waals surface area contributed by atoms with E-state index in [9.17, 15) is 9.18 Å². The van der Waals surface area contributed by atoms with Gasteiger partial charge < -0.3 is 14.2 Å². The first-order chi connectivity index (χ1) is 15.3. The summed E-state index contributed by atoms with van der Waals surface area (Å²) in [5.41, 5.74) is 6.60. The topological polar surface area (TPSA) is 50.2 Å². The highest BCUT2D eigenvalue weighted by Gasteiger charge is 2.15. The predicted octanol–water partition coefficient (Wildman–Crippen LogP) is 6.01. The highest BCUT2D eigenvalue weighted by Crippen LogP contribution is 2.32. The Morgan fingerprint density at radius 1 is 1.28 bits per heavy atom. The van der Waals surface area contributed by atoms with Crippen LogP contribution < -0.4 is 4.72 Å². The smallest absolute Gasteiger partial charge is 0.213 e. The number of rotatable bonds is 9. The number of carbonyl (C=O) groups excluding carboxylic acids is 1. The molecule has 0 saturated carbocycles. The number of imidazole rings is 1. The molecule has 168 valence electrons. The van der Waals surface area contributed by atoms with Gasteiger partial charge in [0.25, 0.3) is 0 Å². The molecule has 0 bridgehead atoms. The van der Waals surface area contributed by atoms with E-state index in [4.69, 9.17) is 4.98 Å². The quantitative estimate of drug-likeness (QED) is 0.245. The maximum atomic E-state index is 13.8. The molecule has 7 heteroatoms. The molecular weight excluding hydrogens is 423 g/mol. The van der Waals surface area contributed by atoms with Gasteiger partial charge in [0.2, 0.25) is 6.41 Å². The Morgan fingerprint density at radius 2 is 2.06 bits per heavy atom. The minimum Gasteiger partial charge on any atom is -0.328 e. The van der Waals surface area contributed by atoms with Crippen molar-refractivity contribution in [2.45, 2.75) is 34.2 Å². The first kappa shape index (κ1) is 23.6. The van der Waals surface area contributed by atoms with Gasteiger partial charge in [-0.2, -0.15) is 0 Å². The molecule has 0 atom stereocenters. The van der Waals surface area contributed by atoms with Crippen molar-refractivity contribution in [2.75, 3.05) is 17.5 Å². The molecule has 1 aromatic heterocycles. The standard InChI is InChI=1S/C25H29FN4OS/c1-6-32-28-23-12-20(21(10-17(2)3)15-29(5)16-31)13-24-25(23)27-18(4)30(24)14-19-8-7-9-22(26)11-19/h7-13,15-16,28H,6,14H2,1-5H3/b21-15+. The predicted molar refractivity (Wildman–Crippen MR) is 133 cm³/mol. The van der Waals surface area contributed by atoms with Crippen LogP contribution in [-0.4, -0.2) is 33.7 Å². The summed E-state index contributed by atoms with van der Waals surface area (Å²) in [4.78, 5) is 17.6. The number of halogens is 1. The van der Waals surface area contributed by atoms with Gasteiger partial charge in [0.05, 0.1) is 11.2 Å². The van der Waals surface area contributed by atoms with Crippen molar-refractivity contribution >= 4 is 40.7 Å². The third-order valence-corrected chi connectivity index (χ3v) is 5.54. The van der Waals surface area contributed by atoms with Gasteiger partial charge in [-0.25, -0.2) is 9.37 Å². The maximum absolute atomic E-state index is 13.8. The summed E-state index contributed by atoms with van der Waals surface area (Å²) in [7, 11) is 1.72. The molecule has 0 radical (unpaired) electrons. The largest absolute Gasteiger partial charge is 0.328 e. The van der Waals surface area contributed by atoms with E-state index in [-0.39, 0.29) is 5.82 Å². The Balaban J connectivity index is 2.22. The first-order valence-electron chi connectivity index (χ1n) is 10.5. The number of amides is 1. The van der Waals surface area contributed by atoms with Gasteiger partial charge in [0, 0.05) is 25.5 Å². The molecule has 3 rings (SSSR count). The fraction of sp³-hybridized carbons (Fsp3) is 0.280. The van der Waals surface area contributed by atoms with Crippen molar-refractivity contribution < 1.29 is 9.18 Å². The lowest BCUT2D eigenvalue weighted by atomic mass is 10.0. The van der Waals surface area contributed by atoms with Crippen molar-refractivity contribution in [1.29, 1.82) is 0 Å². The molecule has 0 saturated heterocycles. The zero-order chi connectivity index (χ0) is 23.3. The molecule has 5 nitrogen and oxygen atoms in total.